The maximum Gasteiger partial charge on any atom is 0.491 e. The molecular formula is C17H22BNO3S. The van der Waals surface area contributed by atoms with E-state index in [2.05, 4.69) is 18.7 Å². The average Bonchev–Trinajstić information content (AvgIpc) is 2.72. The van der Waals surface area contributed by atoms with Crippen LogP contribution >= 0.6 is 12.6 Å². The van der Waals surface area contributed by atoms with Crippen molar-refractivity contribution in [3.05, 3.63) is 34.8 Å². The Kier molecular flexibility index (Phi) is 5.15. The molecule has 1 aliphatic heterocycles. The first-order chi connectivity index (χ1) is 10.7. The zero-order chi connectivity index (χ0) is 17.3. The average molecular weight is 331 g/mol. The van der Waals surface area contributed by atoms with E-state index < -0.39 is 18.3 Å². The molecule has 1 aliphatic rings. The lowest BCUT2D eigenvalue weighted by molar-refractivity contribution is 0.00578. The minimum atomic E-state index is -0.440. The molecule has 0 radical (unpaired) electrons. The number of methoxy groups -OCH3 is 1. The molecule has 23 heavy (non-hydrogen) atoms. The number of thiol groups is 1. The molecule has 122 valence electrons. The molecule has 1 fully saturated rings. The topological polar surface area (TPSA) is 51.5 Å². The van der Waals surface area contributed by atoms with Crippen molar-refractivity contribution in [1.29, 1.82) is 5.26 Å². The van der Waals surface area contributed by atoms with Gasteiger partial charge in [-0.2, -0.15) is 17.9 Å². The Hall–Kier alpha value is -1.42. The van der Waals surface area contributed by atoms with Crippen LogP contribution in [-0.2, 0) is 9.31 Å². The third-order valence-corrected chi connectivity index (χ3v) is 4.80. The zero-order valence-corrected chi connectivity index (χ0v) is 15.1. The van der Waals surface area contributed by atoms with Crippen molar-refractivity contribution in [1.82, 2.24) is 0 Å². The lowest BCUT2D eigenvalue weighted by atomic mass is 9.78. The summed E-state index contributed by atoms with van der Waals surface area (Å²) in [5.41, 5.74) is 1.52. The Morgan fingerprint density at radius 3 is 2.39 bits per heavy atom. The highest BCUT2D eigenvalue weighted by molar-refractivity contribution is 7.80. The number of hydrogen-bond donors (Lipinski definition) is 1. The number of nitriles is 1. The predicted molar refractivity (Wildman–Crippen MR) is 95.6 cm³/mol. The smallest absolute Gasteiger partial charge is 0.491 e. The Morgan fingerprint density at radius 1 is 1.30 bits per heavy atom. The van der Waals surface area contributed by atoms with Gasteiger partial charge in [0.25, 0.3) is 0 Å². The maximum atomic E-state index is 9.20. The van der Waals surface area contributed by atoms with Gasteiger partial charge in [-0.05, 0) is 50.9 Å². The normalized spacial score (nSPS) is 19.5. The van der Waals surface area contributed by atoms with E-state index in [0.29, 0.717) is 17.1 Å². The fourth-order valence-electron chi connectivity index (χ4n) is 2.30. The Balaban J connectivity index is 2.32. The molecule has 1 aromatic carbocycles. The standard InChI is InChI=1S/C17H22BNO3S/c1-16(2)17(3,4)22-18(21-16)14(11-23)9-12-6-7-15(20-5)13(8-12)10-19/h6-9,23H,11H2,1-5H3. The molecule has 6 heteroatoms. The first kappa shape index (κ1) is 17.9. The highest BCUT2D eigenvalue weighted by Crippen LogP contribution is 2.39. The molecule has 0 aliphatic carbocycles. The van der Waals surface area contributed by atoms with E-state index in [1.165, 1.54) is 0 Å². The van der Waals surface area contributed by atoms with Crippen LogP contribution in [0.5, 0.6) is 5.75 Å². The van der Waals surface area contributed by atoms with Gasteiger partial charge in [-0.1, -0.05) is 12.1 Å². The van der Waals surface area contributed by atoms with E-state index in [9.17, 15) is 5.26 Å². The first-order valence-electron chi connectivity index (χ1n) is 7.49. The molecule has 0 aromatic heterocycles. The van der Waals surface area contributed by atoms with Crippen molar-refractivity contribution < 1.29 is 14.0 Å². The van der Waals surface area contributed by atoms with Crippen molar-refractivity contribution in [3.8, 4) is 11.8 Å². The van der Waals surface area contributed by atoms with E-state index in [1.54, 1.807) is 19.2 Å². The van der Waals surface area contributed by atoms with Gasteiger partial charge in [0, 0.05) is 5.75 Å². The van der Waals surface area contributed by atoms with Gasteiger partial charge in [-0.3, -0.25) is 0 Å². The van der Waals surface area contributed by atoms with Crippen molar-refractivity contribution in [3.63, 3.8) is 0 Å². The van der Waals surface area contributed by atoms with Crippen LogP contribution in [0.4, 0.5) is 0 Å². The largest absolute Gasteiger partial charge is 0.495 e. The van der Waals surface area contributed by atoms with Crippen LogP contribution in [0, 0.1) is 11.3 Å². The van der Waals surface area contributed by atoms with Gasteiger partial charge in [0.15, 0.2) is 0 Å². The van der Waals surface area contributed by atoms with Gasteiger partial charge in [0.1, 0.15) is 11.8 Å². The van der Waals surface area contributed by atoms with E-state index in [1.807, 2.05) is 39.8 Å². The fourth-order valence-corrected chi connectivity index (χ4v) is 2.54. The van der Waals surface area contributed by atoms with Gasteiger partial charge >= 0.3 is 7.12 Å². The summed E-state index contributed by atoms with van der Waals surface area (Å²) in [4.78, 5) is 0. The van der Waals surface area contributed by atoms with Gasteiger partial charge in [0.05, 0.1) is 23.9 Å². The van der Waals surface area contributed by atoms with Crippen LogP contribution in [0.1, 0.15) is 38.8 Å². The fraction of sp³-hybridized carbons (Fsp3) is 0.471. The van der Waals surface area contributed by atoms with Crippen LogP contribution in [-0.4, -0.2) is 31.2 Å². The Bertz CT molecular complexity index is 648. The lowest BCUT2D eigenvalue weighted by Crippen LogP contribution is -2.41. The number of rotatable bonds is 4. The van der Waals surface area contributed by atoms with E-state index in [-0.39, 0.29) is 0 Å². The predicted octanol–water partition coefficient (Wildman–Crippen LogP) is 3.51. The molecule has 0 atom stereocenters. The third kappa shape index (κ3) is 3.58. The van der Waals surface area contributed by atoms with Crippen LogP contribution < -0.4 is 4.74 Å². The van der Waals surface area contributed by atoms with Crippen molar-refractivity contribution in [2.75, 3.05) is 12.9 Å². The van der Waals surface area contributed by atoms with Gasteiger partial charge in [-0.15, -0.1) is 0 Å². The SMILES string of the molecule is COc1ccc(C=C(CS)B2OC(C)(C)C(C)(C)O2)cc1C#N. The maximum absolute atomic E-state index is 9.20. The summed E-state index contributed by atoms with van der Waals surface area (Å²) in [7, 11) is 1.11. The molecule has 0 unspecified atom stereocenters. The second-order valence-corrected chi connectivity index (χ2v) is 6.85. The summed E-state index contributed by atoms with van der Waals surface area (Å²) in [5.74, 6) is 1.07. The molecule has 1 saturated heterocycles. The van der Waals surface area contributed by atoms with E-state index in [0.717, 1.165) is 11.0 Å². The zero-order valence-electron chi connectivity index (χ0n) is 14.2. The summed E-state index contributed by atoms with van der Waals surface area (Å²) in [6, 6.07) is 7.60. The van der Waals surface area contributed by atoms with E-state index >= 15 is 0 Å². The molecule has 0 amide bonds. The van der Waals surface area contributed by atoms with Crippen LogP contribution in [0.2, 0.25) is 0 Å². The van der Waals surface area contributed by atoms with Crippen molar-refractivity contribution in [2.45, 2.75) is 38.9 Å². The van der Waals surface area contributed by atoms with Crippen LogP contribution in [0.3, 0.4) is 0 Å². The second kappa shape index (κ2) is 6.60. The van der Waals surface area contributed by atoms with Gasteiger partial charge < -0.3 is 14.0 Å². The quantitative estimate of drug-likeness (QED) is 0.678. The van der Waals surface area contributed by atoms with Crippen molar-refractivity contribution in [2.24, 2.45) is 0 Å². The van der Waals surface area contributed by atoms with Crippen LogP contribution in [0.15, 0.2) is 23.7 Å². The summed E-state index contributed by atoms with van der Waals surface area (Å²) >= 11 is 4.40. The number of benzene rings is 1. The molecule has 0 N–H and O–H groups in total. The highest BCUT2D eigenvalue weighted by Gasteiger charge is 2.52. The van der Waals surface area contributed by atoms with Crippen LogP contribution in [0.25, 0.3) is 6.08 Å². The second-order valence-electron chi connectivity index (χ2n) is 6.54. The molecule has 1 heterocycles. The first-order valence-corrected chi connectivity index (χ1v) is 8.12. The summed E-state index contributed by atoms with van der Waals surface area (Å²) in [5, 5.41) is 9.20. The number of nitrogens with zero attached hydrogens (tertiary/aromatic N) is 1. The molecule has 1 aromatic rings. The summed E-state index contributed by atoms with van der Waals surface area (Å²) < 4.78 is 17.3. The lowest BCUT2D eigenvalue weighted by Gasteiger charge is -2.32. The molecule has 0 saturated carbocycles. The Morgan fingerprint density at radius 2 is 1.91 bits per heavy atom. The highest BCUT2D eigenvalue weighted by atomic mass is 32.1. The minimum absolute atomic E-state index is 0.391. The summed E-state index contributed by atoms with van der Waals surface area (Å²) in [6.45, 7) is 8.07. The minimum Gasteiger partial charge on any atom is -0.495 e. The van der Waals surface area contributed by atoms with E-state index in [4.69, 9.17) is 14.0 Å². The Labute approximate surface area is 144 Å². The number of ether oxygens (including phenoxy) is 1. The monoisotopic (exact) mass is 331 g/mol. The molecule has 2 rings (SSSR count). The molecule has 4 nitrogen and oxygen atoms in total. The molecular weight excluding hydrogens is 309 g/mol. The van der Waals surface area contributed by atoms with Gasteiger partial charge in [0.2, 0.25) is 0 Å². The van der Waals surface area contributed by atoms with Crippen molar-refractivity contribution >= 4 is 25.8 Å². The number of hydrogen-bond acceptors (Lipinski definition) is 5. The molecule has 0 bridgehead atoms. The van der Waals surface area contributed by atoms with Gasteiger partial charge in [-0.25, -0.2) is 0 Å². The summed E-state index contributed by atoms with van der Waals surface area (Å²) in [6.07, 6.45) is 1.95. The third-order valence-electron chi connectivity index (χ3n) is 4.43. The molecule has 0 spiro atoms.